The third kappa shape index (κ3) is 3.30. The number of rotatable bonds is 6. The number of hydrogen-bond donors (Lipinski definition) is 1. The molecule has 0 aromatic carbocycles. The second kappa shape index (κ2) is 6.38. The van der Waals surface area contributed by atoms with Crippen molar-refractivity contribution < 1.29 is 4.74 Å². The van der Waals surface area contributed by atoms with Crippen molar-refractivity contribution >= 4 is 11.3 Å². The fourth-order valence-corrected chi connectivity index (χ4v) is 3.11. The van der Waals surface area contributed by atoms with Crippen LogP contribution >= 0.6 is 11.3 Å². The van der Waals surface area contributed by atoms with Gasteiger partial charge in [0.05, 0.1) is 6.10 Å². The van der Waals surface area contributed by atoms with E-state index >= 15 is 0 Å². The first kappa shape index (κ1) is 12.1. The summed E-state index contributed by atoms with van der Waals surface area (Å²) in [6.45, 7) is 4.28. The molecule has 2 heterocycles. The van der Waals surface area contributed by atoms with E-state index in [9.17, 15) is 0 Å². The molecule has 0 amide bonds. The molecule has 1 aromatic heterocycles. The van der Waals surface area contributed by atoms with Gasteiger partial charge in [-0.3, -0.25) is 0 Å². The highest BCUT2D eigenvalue weighted by atomic mass is 32.1. The summed E-state index contributed by atoms with van der Waals surface area (Å²) < 4.78 is 5.62. The molecule has 16 heavy (non-hydrogen) atoms. The Hall–Kier alpha value is -0.380. The molecule has 2 atom stereocenters. The van der Waals surface area contributed by atoms with Gasteiger partial charge in [0.2, 0.25) is 0 Å². The van der Waals surface area contributed by atoms with Crippen molar-refractivity contribution in [2.75, 3.05) is 13.2 Å². The molecule has 90 valence electrons. The van der Waals surface area contributed by atoms with E-state index < -0.39 is 0 Å². The minimum Gasteiger partial charge on any atom is -0.378 e. The molecule has 0 bridgehead atoms. The zero-order valence-electron chi connectivity index (χ0n) is 9.95. The second-order valence-electron chi connectivity index (χ2n) is 4.35. The summed E-state index contributed by atoms with van der Waals surface area (Å²) in [5.74, 6) is 0. The molecule has 2 rings (SSSR count). The van der Waals surface area contributed by atoms with Crippen LogP contribution in [0.15, 0.2) is 17.5 Å². The zero-order chi connectivity index (χ0) is 11.2. The fraction of sp³-hybridized carbons (Fsp3) is 0.692. The van der Waals surface area contributed by atoms with E-state index in [1.807, 2.05) is 11.3 Å². The summed E-state index contributed by atoms with van der Waals surface area (Å²) >= 11 is 1.84. The molecule has 1 aliphatic rings. The Morgan fingerprint density at radius 2 is 2.56 bits per heavy atom. The Balaban J connectivity index is 1.71. The Morgan fingerprint density at radius 3 is 3.19 bits per heavy atom. The van der Waals surface area contributed by atoms with Gasteiger partial charge in [0, 0.05) is 17.5 Å². The van der Waals surface area contributed by atoms with Gasteiger partial charge in [0.15, 0.2) is 0 Å². The van der Waals surface area contributed by atoms with Crippen molar-refractivity contribution in [2.24, 2.45) is 0 Å². The molecule has 2 nitrogen and oxygen atoms in total. The topological polar surface area (TPSA) is 21.3 Å². The number of nitrogens with one attached hydrogen (secondary N) is 1. The Morgan fingerprint density at radius 1 is 1.62 bits per heavy atom. The van der Waals surface area contributed by atoms with Gasteiger partial charge >= 0.3 is 0 Å². The summed E-state index contributed by atoms with van der Waals surface area (Å²) in [5, 5.41) is 5.78. The van der Waals surface area contributed by atoms with Gasteiger partial charge < -0.3 is 10.1 Å². The van der Waals surface area contributed by atoms with Crippen LogP contribution in [0.5, 0.6) is 0 Å². The van der Waals surface area contributed by atoms with Crippen molar-refractivity contribution in [1.29, 1.82) is 0 Å². The predicted molar refractivity (Wildman–Crippen MR) is 68.9 cm³/mol. The Kier molecular flexibility index (Phi) is 4.82. The summed E-state index contributed by atoms with van der Waals surface area (Å²) in [4.78, 5) is 1.45. The Labute approximate surface area is 102 Å². The van der Waals surface area contributed by atoms with Crippen LogP contribution in [-0.2, 0) is 4.74 Å². The van der Waals surface area contributed by atoms with Gasteiger partial charge in [0.25, 0.3) is 0 Å². The molecule has 0 saturated carbocycles. The van der Waals surface area contributed by atoms with Crippen LogP contribution in [0.3, 0.4) is 0 Å². The molecule has 1 aliphatic heterocycles. The van der Waals surface area contributed by atoms with Gasteiger partial charge in [-0.05, 0) is 43.7 Å². The van der Waals surface area contributed by atoms with E-state index in [0.717, 1.165) is 26.0 Å². The zero-order valence-corrected chi connectivity index (χ0v) is 10.8. The molecule has 0 spiro atoms. The Bertz CT molecular complexity index is 280. The SMILES string of the molecule is CCC(NCCC1CCCO1)c1cccs1. The van der Waals surface area contributed by atoms with Gasteiger partial charge in [-0.15, -0.1) is 11.3 Å². The highest BCUT2D eigenvalue weighted by Crippen LogP contribution is 2.22. The minimum atomic E-state index is 0.508. The van der Waals surface area contributed by atoms with Crippen LogP contribution < -0.4 is 5.32 Å². The van der Waals surface area contributed by atoms with Crippen molar-refractivity contribution in [1.82, 2.24) is 5.32 Å². The van der Waals surface area contributed by atoms with Gasteiger partial charge in [-0.25, -0.2) is 0 Å². The van der Waals surface area contributed by atoms with E-state index in [1.165, 1.54) is 17.7 Å². The van der Waals surface area contributed by atoms with E-state index in [2.05, 4.69) is 29.8 Å². The molecule has 1 N–H and O–H groups in total. The van der Waals surface area contributed by atoms with Crippen LogP contribution in [0.1, 0.15) is 43.5 Å². The molecular formula is C13H21NOS. The molecule has 3 heteroatoms. The molecule has 2 unspecified atom stereocenters. The largest absolute Gasteiger partial charge is 0.378 e. The lowest BCUT2D eigenvalue weighted by Crippen LogP contribution is -2.24. The van der Waals surface area contributed by atoms with Crippen molar-refractivity contribution in [3.8, 4) is 0 Å². The third-order valence-corrected chi connectivity index (χ3v) is 4.16. The summed E-state index contributed by atoms with van der Waals surface area (Å²) in [6, 6.07) is 4.88. The van der Waals surface area contributed by atoms with Crippen LogP contribution in [0.2, 0.25) is 0 Å². The second-order valence-corrected chi connectivity index (χ2v) is 5.33. The quantitative estimate of drug-likeness (QED) is 0.822. The van der Waals surface area contributed by atoms with E-state index in [1.54, 1.807) is 0 Å². The number of thiophene rings is 1. The number of hydrogen-bond acceptors (Lipinski definition) is 3. The van der Waals surface area contributed by atoms with Crippen molar-refractivity contribution in [3.63, 3.8) is 0 Å². The van der Waals surface area contributed by atoms with Gasteiger partial charge in [-0.2, -0.15) is 0 Å². The lowest BCUT2D eigenvalue weighted by atomic mass is 10.1. The number of ether oxygens (including phenoxy) is 1. The molecule has 0 aliphatic carbocycles. The molecular weight excluding hydrogens is 218 g/mol. The lowest BCUT2D eigenvalue weighted by Gasteiger charge is -2.17. The maximum atomic E-state index is 5.62. The lowest BCUT2D eigenvalue weighted by molar-refractivity contribution is 0.103. The first-order valence-corrected chi connectivity index (χ1v) is 7.16. The first-order valence-electron chi connectivity index (χ1n) is 6.28. The molecule has 1 aromatic rings. The predicted octanol–water partition coefficient (Wildman–Crippen LogP) is 3.36. The highest BCUT2D eigenvalue weighted by Gasteiger charge is 2.16. The molecule has 1 saturated heterocycles. The molecule has 1 fully saturated rings. The average Bonchev–Trinajstić information content (AvgIpc) is 2.96. The standard InChI is InChI=1S/C13H21NOS/c1-2-12(13-6-4-10-16-13)14-8-7-11-5-3-9-15-11/h4,6,10-12,14H,2-3,5,7-9H2,1H3. The maximum Gasteiger partial charge on any atom is 0.0588 e. The fourth-order valence-electron chi connectivity index (χ4n) is 2.23. The minimum absolute atomic E-state index is 0.508. The third-order valence-electron chi connectivity index (χ3n) is 3.18. The normalized spacial score (nSPS) is 22.4. The van der Waals surface area contributed by atoms with Crippen LogP contribution in [0.4, 0.5) is 0 Å². The summed E-state index contributed by atoms with van der Waals surface area (Å²) in [7, 11) is 0. The van der Waals surface area contributed by atoms with Crippen molar-refractivity contribution in [2.45, 2.75) is 44.8 Å². The first-order chi connectivity index (χ1) is 7.90. The van der Waals surface area contributed by atoms with Crippen LogP contribution in [0, 0.1) is 0 Å². The van der Waals surface area contributed by atoms with Crippen LogP contribution in [-0.4, -0.2) is 19.3 Å². The van der Waals surface area contributed by atoms with E-state index in [0.29, 0.717) is 12.1 Å². The summed E-state index contributed by atoms with van der Waals surface area (Å²) in [6.07, 6.45) is 5.31. The van der Waals surface area contributed by atoms with Gasteiger partial charge in [-0.1, -0.05) is 13.0 Å². The summed E-state index contributed by atoms with van der Waals surface area (Å²) in [5.41, 5.74) is 0. The van der Waals surface area contributed by atoms with Gasteiger partial charge in [0.1, 0.15) is 0 Å². The van der Waals surface area contributed by atoms with E-state index in [-0.39, 0.29) is 0 Å². The van der Waals surface area contributed by atoms with Crippen LogP contribution in [0.25, 0.3) is 0 Å². The van der Waals surface area contributed by atoms with E-state index in [4.69, 9.17) is 4.74 Å². The van der Waals surface area contributed by atoms with Crippen molar-refractivity contribution in [3.05, 3.63) is 22.4 Å². The highest BCUT2D eigenvalue weighted by molar-refractivity contribution is 7.10. The smallest absolute Gasteiger partial charge is 0.0588 e. The molecule has 0 radical (unpaired) electrons. The average molecular weight is 239 g/mol. The maximum absolute atomic E-state index is 5.62. The monoisotopic (exact) mass is 239 g/mol.